The molecule has 2 amide bonds. The van der Waals surface area contributed by atoms with Crippen LogP contribution < -0.4 is 10.1 Å². The lowest BCUT2D eigenvalue weighted by molar-refractivity contribution is -0.119. The minimum atomic E-state index is -0.0361. The molecule has 7 nitrogen and oxygen atoms in total. The number of piperidine rings is 1. The number of rotatable bonds is 6. The van der Waals surface area contributed by atoms with Crippen molar-refractivity contribution in [2.24, 2.45) is 5.92 Å². The normalized spacial score (nSPS) is 14.2. The molecule has 2 heterocycles. The molecule has 0 saturated carbocycles. The Hall–Kier alpha value is -3.61. The van der Waals surface area contributed by atoms with E-state index in [9.17, 15) is 9.59 Å². The van der Waals surface area contributed by atoms with Gasteiger partial charge in [-0.25, -0.2) is 4.68 Å². The van der Waals surface area contributed by atoms with Crippen LogP contribution in [0, 0.1) is 5.92 Å². The second kappa shape index (κ2) is 9.68. The lowest BCUT2D eigenvalue weighted by atomic mass is 9.96. The standard InChI is InChI=1S/C25H28N4O3/c1-18(30)26-16-19-12-14-28(15-13-19)25(31)22-17-29(20-8-4-3-5-9-20)27-24(22)21-10-6-7-11-23(21)32-2/h3-11,17,19H,12-16H2,1-2H3,(H,26,30). The Labute approximate surface area is 188 Å². The van der Waals surface area contributed by atoms with Gasteiger partial charge in [0.2, 0.25) is 5.91 Å². The zero-order valence-electron chi connectivity index (χ0n) is 18.5. The van der Waals surface area contributed by atoms with E-state index in [0.29, 0.717) is 42.6 Å². The summed E-state index contributed by atoms with van der Waals surface area (Å²) in [7, 11) is 1.62. The Balaban J connectivity index is 1.63. The summed E-state index contributed by atoms with van der Waals surface area (Å²) in [5.41, 5.74) is 2.83. The van der Waals surface area contributed by atoms with Crippen LogP contribution in [-0.4, -0.2) is 53.2 Å². The van der Waals surface area contributed by atoms with Gasteiger partial charge in [-0.15, -0.1) is 0 Å². The first-order valence-corrected chi connectivity index (χ1v) is 10.9. The SMILES string of the molecule is COc1ccccc1-c1nn(-c2ccccc2)cc1C(=O)N1CCC(CNC(C)=O)CC1. The maximum atomic E-state index is 13.6. The van der Waals surface area contributed by atoms with Crippen LogP contribution in [0.4, 0.5) is 0 Å². The lowest BCUT2D eigenvalue weighted by Gasteiger charge is -2.32. The summed E-state index contributed by atoms with van der Waals surface area (Å²) in [6.07, 6.45) is 3.54. The van der Waals surface area contributed by atoms with E-state index < -0.39 is 0 Å². The Morgan fingerprint density at radius 2 is 1.75 bits per heavy atom. The molecule has 0 unspecified atom stereocenters. The van der Waals surface area contributed by atoms with E-state index in [1.165, 1.54) is 6.92 Å². The molecule has 1 aliphatic heterocycles. The number of hydrogen-bond donors (Lipinski definition) is 1. The van der Waals surface area contributed by atoms with E-state index in [2.05, 4.69) is 5.32 Å². The van der Waals surface area contributed by atoms with Gasteiger partial charge >= 0.3 is 0 Å². The molecule has 1 N–H and O–H groups in total. The average molecular weight is 433 g/mol. The van der Waals surface area contributed by atoms with E-state index in [1.807, 2.05) is 65.7 Å². The van der Waals surface area contributed by atoms with Crippen molar-refractivity contribution in [3.63, 3.8) is 0 Å². The zero-order valence-corrected chi connectivity index (χ0v) is 18.5. The van der Waals surface area contributed by atoms with Crippen molar-refractivity contribution in [1.29, 1.82) is 0 Å². The van der Waals surface area contributed by atoms with Crippen LogP contribution in [0.15, 0.2) is 60.8 Å². The molecule has 4 rings (SSSR count). The fraction of sp³-hybridized carbons (Fsp3) is 0.320. The van der Waals surface area contributed by atoms with Gasteiger partial charge in [-0.2, -0.15) is 5.10 Å². The summed E-state index contributed by atoms with van der Waals surface area (Å²) in [6.45, 7) is 3.51. The zero-order chi connectivity index (χ0) is 22.5. The summed E-state index contributed by atoms with van der Waals surface area (Å²) in [6, 6.07) is 17.4. The maximum Gasteiger partial charge on any atom is 0.257 e. The summed E-state index contributed by atoms with van der Waals surface area (Å²) >= 11 is 0. The van der Waals surface area contributed by atoms with E-state index in [-0.39, 0.29) is 11.8 Å². The molecule has 0 bridgehead atoms. The van der Waals surface area contributed by atoms with Gasteiger partial charge in [0, 0.05) is 38.3 Å². The number of carbonyl (C=O) groups excluding carboxylic acids is 2. The Bertz CT molecular complexity index is 1090. The molecule has 0 radical (unpaired) electrons. The predicted molar refractivity (Wildman–Crippen MR) is 123 cm³/mol. The molecule has 0 spiro atoms. The molecule has 2 aromatic carbocycles. The van der Waals surface area contributed by atoms with Crippen LogP contribution >= 0.6 is 0 Å². The largest absolute Gasteiger partial charge is 0.496 e. The number of nitrogens with one attached hydrogen (secondary N) is 1. The number of benzene rings is 2. The third kappa shape index (κ3) is 4.66. The van der Waals surface area contributed by atoms with E-state index >= 15 is 0 Å². The van der Waals surface area contributed by atoms with Crippen LogP contribution in [0.25, 0.3) is 16.9 Å². The molecule has 166 valence electrons. The number of para-hydroxylation sites is 2. The maximum absolute atomic E-state index is 13.6. The summed E-state index contributed by atoms with van der Waals surface area (Å²) in [4.78, 5) is 26.7. The number of aromatic nitrogens is 2. The topological polar surface area (TPSA) is 76.5 Å². The predicted octanol–water partition coefficient (Wildman–Crippen LogP) is 3.54. The number of carbonyl (C=O) groups is 2. The van der Waals surface area contributed by atoms with Gasteiger partial charge in [0.1, 0.15) is 11.4 Å². The van der Waals surface area contributed by atoms with Gasteiger partial charge in [-0.1, -0.05) is 30.3 Å². The van der Waals surface area contributed by atoms with Gasteiger partial charge in [0.25, 0.3) is 5.91 Å². The van der Waals surface area contributed by atoms with Crippen LogP contribution in [0.1, 0.15) is 30.1 Å². The quantitative estimate of drug-likeness (QED) is 0.647. The second-order valence-electron chi connectivity index (χ2n) is 8.04. The third-order valence-electron chi connectivity index (χ3n) is 5.87. The number of hydrogen-bond acceptors (Lipinski definition) is 4. The lowest BCUT2D eigenvalue weighted by Crippen LogP contribution is -2.41. The van der Waals surface area contributed by atoms with Crippen molar-refractivity contribution in [1.82, 2.24) is 20.0 Å². The highest BCUT2D eigenvalue weighted by Crippen LogP contribution is 2.33. The van der Waals surface area contributed by atoms with Crippen molar-refractivity contribution in [2.45, 2.75) is 19.8 Å². The molecule has 0 aliphatic carbocycles. The highest BCUT2D eigenvalue weighted by atomic mass is 16.5. The third-order valence-corrected chi connectivity index (χ3v) is 5.87. The van der Waals surface area contributed by atoms with Gasteiger partial charge in [-0.3, -0.25) is 9.59 Å². The highest BCUT2D eigenvalue weighted by molar-refractivity contribution is 6.00. The summed E-state index contributed by atoms with van der Waals surface area (Å²) in [5.74, 6) is 1.02. The number of nitrogens with zero attached hydrogens (tertiary/aromatic N) is 3. The fourth-order valence-electron chi connectivity index (χ4n) is 4.08. The van der Waals surface area contributed by atoms with Crippen molar-refractivity contribution in [3.8, 4) is 22.7 Å². The Morgan fingerprint density at radius 1 is 1.06 bits per heavy atom. The van der Waals surface area contributed by atoms with E-state index in [0.717, 1.165) is 24.1 Å². The molecule has 1 saturated heterocycles. The van der Waals surface area contributed by atoms with Crippen LogP contribution in [0.5, 0.6) is 5.75 Å². The van der Waals surface area contributed by atoms with E-state index in [1.54, 1.807) is 11.8 Å². The number of likely N-dealkylation sites (tertiary alicyclic amines) is 1. The first-order valence-electron chi connectivity index (χ1n) is 10.9. The van der Waals surface area contributed by atoms with Gasteiger partial charge in [-0.05, 0) is 43.0 Å². The Morgan fingerprint density at radius 3 is 2.44 bits per heavy atom. The molecule has 1 aromatic heterocycles. The van der Waals surface area contributed by atoms with Crippen molar-refractivity contribution < 1.29 is 14.3 Å². The molecular weight excluding hydrogens is 404 g/mol. The molecule has 32 heavy (non-hydrogen) atoms. The molecule has 0 atom stereocenters. The van der Waals surface area contributed by atoms with Crippen LogP contribution in [0.2, 0.25) is 0 Å². The van der Waals surface area contributed by atoms with Crippen LogP contribution in [0.3, 0.4) is 0 Å². The smallest absolute Gasteiger partial charge is 0.257 e. The fourth-order valence-corrected chi connectivity index (χ4v) is 4.08. The second-order valence-corrected chi connectivity index (χ2v) is 8.04. The van der Waals surface area contributed by atoms with Gasteiger partial charge in [0.15, 0.2) is 0 Å². The molecule has 1 fully saturated rings. The van der Waals surface area contributed by atoms with Crippen molar-refractivity contribution >= 4 is 11.8 Å². The minimum absolute atomic E-state index is 0.0155. The monoisotopic (exact) mass is 432 g/mol. The van der Waals surface area contributed by atoms with Gasteiger partial charge in [0.05, 0.1) is 18.4 Å². The summed E-state index contributed by atoms with van der Waals surface area (Å²) < 4.78 is 7.30. The summed E-state index contributed by atoms with van der Waals surface area (Å²) in [5, 5.41) is 7.67. The molecule has 1 aliphatic rings. The molecule has 3 aromatic rings. The molecule has 7 heteroatoms. The number of amides is 2. The first-order chi connectivity index (χ1) is 15.6. The first kappa shape index (κ1) is 21.6. The highest BCUT2D eigenvalue weighted by Gasteiger charge is 2.28. The van der Waals surface area contributed by atoms with Crippen molar-refractivity contribution in [3.05, 3.63) is 66.4 Å². The minimum Gasteiger partial charge on any atom is -0.496 e. The average Bonchev–Trinajstić information content (AvgIpc) is 3.28. The van der Waals surface area contributed by atoms with E-state index in [4.69, 9.17) is 9.84 Å². The number of methoxy groups -OCH3 is 1. The van der Waals surface area contributed by atoms with Crippen LogP contribution in [-0.2, 0) is 4.79 Å². The Kier molecular flexibility index (Phi) is 6.54. The van der Waals surface area contributed by atoms with Crippen molar-refractivity contribution in [2.75, 3.05) is 26.7 Å². The molecular formula is C25H28N4O3. The van der Waals surface area contributed by atoms with Gasteiger partial charge < -0.3 is 15.0 Å². The number of ether oxygens (including phenoxy) is 1.